The van der Waals surface area contributed by atoms with Gasteiger partial charge >= 0.3 is 0 Å². The summed E-state index contributed by atoms with van der Waals surface area (Å²) in [5.41, 5.74) is 12.0. The SMILES string of the molecule is CCCCOCC1(COCCCC)Cc2csc(-c3sc(-c4sc(-c5scc6c5CC(COCCCC)(COCCCC)C6)c5c4CC(COCCCC)(COCCCC)C5)c4c3CC(COCCCC)(COCCCC)C4)c2C1. The van der Waals surface area contributed by atoms with Crippen molar-refractivity contribution in [1.82, 2.24) is 0 Å². The van der Waals surface area contributed by atoms with Crippen molar-refractivity contribution in [3.05, 3.63) is 55.3 Å². The summed E-state index contributed by atoms with van der Waals surface area (Å²) < 4.78 is 53.3. The summed E-state index contributed by atoms with van der Waals surface area (Å²) >= 11 is 8.22. The van der Waals surface area contributed by atoms with Gasteiger partial charge in [0.1, 0.15) is 0 Å². The molecule has 0 N–H and O–H groups in total. The molecule has 4 aromatic rings. The Morgan fingerprint density at radius 1 is 0.275 bits per heavy atom. The van der Waals surface area contributed by atoms with Gasteiger partial charge in [0, 0.05) is 104 Å². The van der Waals surface area contributed by atoms with Gasteiger partial charge in [0.05, 0.1) is 52.9 Å². The lowest BCUT2D eigenvalue weighted by Gasteiger charge is -2.30. The van der Waals surface area contributed by atoms with Gasteiger partial charge in [0.25, 0.3) is 0 Å². The first kappa shape index (κ1) is 64.5. The first-order valence-electron chi connectivity index (χ1n) is 32.3. The van der Waals surface area contributed by atoms with Crippen LogP contribution in [0.3, 0.4) is 0 Å². The Kier molecular flexibility index (Phi) is 26.0. The average molecular weight is 1180 g/mol. The molecule has 0 bridgehead atoms. The zero-order valence-electron chi connectivity index (χ0n) is 51.3. The fraction of sp³-hybridized carbons (Fsp3) is 0.765. The van der Waals surface area contributed by atoms with Crippen molar-refractivity contribution in [2.24, 2.45) is 21.7 Å². The average Bonchev–Trinajstić information content (AvgIpc) is 4.47. The molecule has 4 aliphatic carbocycles. The molecular weight excluding hydrogens is 1070 g/mol. The van der Waals surface area contributed by atoms with Crippen LogP contribution in [0, 0.1) is 21.7 Å². The molecule has 0 spiro atoms. The van der Waals surface area contributed by atoms with E-state index >= 15 is 0 Å². The lowest BCUT2D eigenvalue weighted by atomic mass is 9.85. The summed E-state index contributed by atoms with van der Waals surface area (Å²) in [6, 6.07) is 0. The molecule has 0 fully saturated rings. The first-order chi connectivity index (χ1) is 39.2. The standard InChI is InChI=1S/C68H106O8S4/c1-9-17-25-69-43-65(44-70-26-18-10-2)33-51-41-77-59(53(51)35-65)61-55-37-67(47-73-29-21-13-5,48-74-30-22-14-6)39-57(55)63(79-61)64-58-40-68(49-75-31-23-15-7,50-76-32-24-16-8)38-56(58)62(80-64)60-54-36-66(34-52(54)42-78-60,45-71-27-19-11-3)46-72-28-20-12-4/h41-42H,9-40,43-50H2,1-8H3. The van der Waals surface area contributed by atoms with Crippen molar-refractivity contribution in [1.29, 1.82) is 0 Å². The molecule has 80 heavy (non-hydrogen) atoms. The summed E-state index contributed by atoms with van der Waals surface area (Å²) in [4.78, 5) is 8.94. The molecule has 4 aliphatic rings. The summed E-state index contributed by atoms with van der Waals surface area (Å²) in [6.45, 7) is 30.5. The minimum atomic E-state index is -0.127. The third-order valence-corrected chi connectivity index (χ3v) is 22.8. The van der Waals surface area contributed by atoms with Gasteiger partial charge in [-0.25, -0.2) is 0 Å². The number of hydrogen-bond donors (Lipinski definition) is 0. The van der Waals surface area contributed by atoms with E-state index in [9.17, 15) is 0 Å². The van der Waals surface area contributed by atoms with Gasteiger partial charge in [0.15, 0.2) is 0 Å². The van der Waals surface area contributed by atoms with Crippen molar-refractivity contribution in [3.63, 3.8) is 0 Å². The monoisotopic (exact) mass is 1180 g/mol. The Balaban J connectivity index is 1.26. The van der Waals surface area contributed by atoms with Gasteiger partial charge in [-0.05, 0) is 158 Å². The topological polar surface area (TPSA) is 73.8 Å². The van der Waals surface area contributed by atoms with Crippen LogP contribution < -0.4 is 0 Å². The van der Waals surface area contributed by atoms with Crippen LogP contribution >= 0.6 is 45.3 Å². The second-order valence-electron chi connectivity index (χ2n) is 25.2. The molecule has 0 atom stereocenters. The zero-order chi connectivity index (χ0) is 56.3. The lowest BCUT2D eigenvalue weighted by Crippen LogP contribution is -2.34. The molecule has 4 aromatic heterocycles. The summed E-state index contributed by atoms with van der Waals surface area (Å²) in [5.74, 6) is 0. The van der Waals surface area contributed by atoms with Gasteiger partial charge < -0.3 is 37.9 Å². The lowest BCUT2D eigenvalue weighted by molar-refractivity contribution is -0.0189. The Morgan fingerprint density at radius 3 is 0.700 bits per heavy atom. The van der Waals surface area contributed by atoms with Gasteiger partial charge in [-0.15, -0.1) is 45.3 Å². The molecular formula is C68H106O8S4. The molecule has 8 nitrogen and oxygen atoms in total. The molecule has 0 radical (unpaired) electrons. The highest BCUT2D eigenvalue weighted by atomic mass is 32.1. The number of hydrogen-bond acceptors (Lipinski definition) is 12. The number of unbranched alkanes of at least 4 members (excludes halogenated alkanes) is 8. The normalized spacial score (nSPS) is 17.2. The van der Waals surface area contributed by atoms with Crippen LogP contribution in [-0.2, 0) is 89.3 Å². The fourth-order valence-electron chi connectivity index (χ4n) is 13.0. The molecule has 0 unspecified atom stereocenters. The van der Waals surface area contributed by atoms with E-state index in [4.69, 9.17) is 37.9 Å². The second-order valence-corrected chi connectivity index (χ2v) is 29.0. The van der Waals surface area contributed by atoms with Crippen LogP contribution in [0.5, 0.6) is 0 Å². The van der Waals surface area contributed by atoms with E-state index in [1.807, 2.05) is 22.7 Å². The van der Waals surface area contributed by atoms with Crippen LogP contribution in [0.15, 0.2) is 10.8 Å². The smallest absolute Gasteiger partial charge is 0.0550 e. The van der Waals surface area contributed by atoms with Crippen LogP contribution in [0.2, 0.25) is 0 Å². The highest BCUT2D eigenvalue weighted by Gasteiger charge is 2.49. The Morgan fingerprint density at radius 2 is 0.475 bits per heavy atom. The van der Waals surface area contributed by atoms with E-state index in [0.717, 1.165) is 260 Å². The molecule has 0 saturated carbocycles. The molecule has 4 heterocycles. The van der Waals surface area contributed by atoms with Crippen molar-refractivity contribution >= 4 is 45.3 Å². The van der Waals surface area contributed by atoms with E-state index in [0.29, 0.717) is 0 Å². The fourth-order valence-corrected chi connectivity index (χ4v) is 18.4. The molecule has 0 amide bonds. The molecule has 0 aliphatic heterocycles. The molecule has 450 valence electrons. The number of fused-ring (bicyclic) bond motifs is 4. The largest absolute Gasteiger partial charge is 0.381 e. The van der Waals surface area contributed by atoms with Crippen LogP contribution in [0.25, 0.3) is 29.3 Å². The summed E-state index contributed by atoms with van der Waals surface area (Å²) in [7, 11) is 0. The van der Waals surface area contributed by atoms with Crippen LogP contribution in [0.1, 0.15) is 203 Å². The van der Waals surface area contributed by atoms with E-state index < -0.39 is 0 Å². The molecule has 8 rings (SSSR count). The molecule has 0 saturated heterocycles. The maximum Gasteiger partial charge on any atom is 0.0550 e. The first-order valence-corrected chi connectivity index (χ1v) is 35.7. The third kappa shape index (κ3) is 16.1. The Bertz CT molecular complexity index is 2230. The van der Waals surface area contributed by atoms with Crippen LogP contribution in [0.4, 0.5) is 0 Å². The third-order valence-electron chi connectivity index (χ3n) is 17.7. The minimum absolute atomic E-state index is 0.0465. The van der Waals surface area contributed by atoms with Gasteiger partial charge in [-0.1, -0.05) is 107 Å². The molecule has 0 aromatic carbocycles. The van der Waals surface area contributed by atoms with Crippen LogP contribution in [-0.4, -0.2) is 106 Å². The van der Waals surface area contributed by atoms with E-state index in [1.165, 1.54) is 40.4 Å². The number of rotatable bonds is 43. The number of ether oxygens (including phenoxy) is 8. The maximum absolute atomic E-state index is 6.76. The van der Waals surface area contributed by atoms with E-state index in [2.05, 4.69) is 88.8 Å². The van der Waals surface area contributed by atoms with Gasteiger partial charge in [-0.3, -0.25) is 0 Å². The minimum Gasteiger partial charge on any atom is -0.381 e. The second kappa shape index (κ2) is 32.3. The highest BCUT2D eigenvalue weighted by molar-refractivity contribution is 7.28. The summed E-state index contributed by atoms with van der Waals surface area (Å²) in [5, 5.41) is 5.02. The maximum atomic E-state index is 6.76. The molecule has 12 heteroatoms. The zero-order valence-corrected chi connectivity index (χ0v) is 54.6. The quantitative estimate of drug-likeness (QED) is 0.0406. The Hall–Kier alpha value is -1.52. The van der Waals surface area contributed by atoms with Gasteiger partial charge in [0.2, 0.25) is 0 Å². The van der Waals surface area contributed by atoms with Gasteiger partial charge in [-0.2, -0.15) is 0 Å². The van der Waals surface area contributed by atoms with Crippen molar-refractivity contribution < 1.29 is 37.9 Å². The van der Waals surface area contributed by atoms with Crippen molar-refractivity contribution in [2.45, 2.75) is 209 Å². The predicted octanol–water partition coefficient (Wildman–Crippen LogP) is 17.8. The van der Waals surface area contributed by atoms with E-state index in [-0.39, 0.29) is 21.7 Å². The highest BCUT2D eigenvalue weighted by Crippen LogP contribution is 2.61. The number of thiophene rings is 4. The van der Waals surface area contributed by atoms with Crippen molar-refractivity contribution in [2.75, 3.05) is 106 Å². The van der Waals surface area contributed by atoms with E-state index in [1.54, 1.807) is 33.4 Å². The summed E-state index contributed by atoms with van der Waals surface area (Å²) in [6.07, 6.45) is 25.8. The predicted molar refractivity (Wildman–Crippen MR) is 339 cm³/mol. The Labute approximate surface area is 501 Å². The van der Waals surface area contributed by atoms with Crippen molar-refractivity contribution in [3.8, 4) is 29.3 Å².